The first-order chi connectivity index (χ1) is 5.22. The first-order valence-corrected chi connectivity index (χ1v) is 3.67. The van der Waals surface area contributed by atoms with Gasteiger partial charge in [-0.2, -0.15) is 0 Å². The van der Waals surface area contributed by atoms with Crippen LogP contribution >= 0.6 is 0 Å². The van der Waals surface area contributed by atoms with Crippen molar-refractivity contribution < 1.29 is 14.6 Å². The topological polar surface area (TPSA) is 46.5 Å². The molecule has 0 aliphatic carbocycles. The van der Waals surface area contributed by atoms with E-state index in [1.54, 1.807) is 13.0 Å². The second-order valence-corrected chi connectivity index (χ2v) is 2.15. The molecular formula is C8H14O3. The molecule has 0 aliphatic rings. The Labute approximate surface area is 66.7 Å². The molecule has 0 aliphatic heterocycles. The van der Waals surface area contributed by atoms with E-state index in [1.807, 2.05) is 0 Å². The molecule has 0 radical (unpaired) electrons. The minimum atomic E-state index is -0.895. The van der Waals surface area contributed by atoms with Crippen LogP contribution in [0.4, 0.5) is 0 Å². The van der Waals surface area contributed by atoms with Crippen molar-refractivity contribution in [2.45, 2.75) is 25.9 Å². The maximum Gasteiger partial charge on any atom is 0.332 e. The largest absolute Gasteiger partial charge is 0.479 e. The van der Waals surface area contributed by atoms with Crippen LogP contribution in [0.1, 0.15) is 19.8 Å². The van der Waals surface area contributed by atoms with Crippen LogP contribution in [0.25, 0.3) is 0 Å². The SMILES string of the molecule is C=CCCC(OCC)C(=O)O. The predicted octanol–water partition coefficient (Wildman–Crippen LogP) is 1.44. The molecule has 0 rings (SSSR count). The summed E-state index contributed by atoms with van der Waals surface area (Å²) in [6.45, 7) is 5.72. The highest BCUT2D eigenvalue weighted by molar-refractivity contribution is 5.72. The normalized spacial score (nSPS) is 12.5. The molecule has 0 bridgehead atoms. The fraction of sp³-hybridized carbons (Fsp3) is 0.625. The van der Waals surface area contributed by atoms with E-state index in [9.17, 15) is 4.79 Å². The Hall–Kier alpha value is -0.830. The molecule has 0 aromatic heterocycles. The van der Waals surface area contributed by atoms with E-state index < -0.39 is 12.1 Å². The summed E-state index contributed by atoms with van der Waals surface area (Å²) in [5.74, 6) is -0.895. The van der Waals surface area contributed by atoms with Crippen LogP contribution in [-0.2, 0) is 9.53 Å². The van der Waals surface area contributed by atoms with Crippen molar-refractivity contribution in [2.75, 3.05) is 6.61 Å². The van der Waals surface area contributed by atoms with Crippen molar-refractivity contribution in [3.8, 4) is 0 Å². The molecule has 11 heavy (non-hydrogen) atoms. The lowest BCUT2D eigenvalue weighted by Crippen LogP contribution is -2.23. The van der Waals surface area contributed by atoms with E-state index in [4.69, 9.17) is 9.84 Å². The molecule has 0 amide bonds. The highest BCUT2D eigenvalue weighted by Gasteiger charge is 2.15. The van der Waals surface area contributed by atoms with E-state index >= 15 is 0 Å². The maximum atomic E-state index is 10.4. The number of allylic oxidation sites excluding steroid dienone is 1. The van der Waals surface area contributed by atoms with E-state index in [1.165, 1.54) is 0 Å². The number of rotatable bonds is 6. The Morgan fingerprint density at radius 3 is 2.82 bits per heavy atom. The van der Waals surface area contributed by atoms with Gasteiger partial charge < -0.3 is 9.84 Å². The average molecular weight is 158 g/mol. The van der Waals surface area contributed by atoms with Gasteiger partial charge in [-0.1, -0.05) is 6.08 Å². The summed E-state index contributed by atoms with van der Waals surface area (Å²) in [5, 5.41) is 8.57. The van der Waals surface area contributed by atoms with E-state index in [0.29, 0.717) is 19.4 Å². The average Bonchev–Trinajstić information content (AvgIpc) is 1.97. The molecule has 0 fully saturated rings. The monoisotopic (exact) mass is 158 g/mol. The Morgan fingerprint density at radius 2 is 2.45 bits per heavy atom. The summed E-state index contributed by atoms with van der Waals surface area (Å²) in [5.41, 5.74) is 0. The number of ether oxygens (including phenoxy) is 1. The molecule has 0 saturated heterocycles. The second kappa shape index (κ2) is 5.92. The zero-order valence-electron chi connectivity index (χ0n) is 6.75. The molecule has 0 saturated carbocycles. The van der Waals surface area contributed by atoms with Gasteiger partial charge in [0.05, 0.1) is 0 Å². The molecule has 1 N–H and O–H groups in total. The lowest BCUT2D eigenvalue weighted by atomic mass is 10.2. The van der Waals surface area contributed by atoms with Gasteiger partial charge in [0, 0.05) is 6.61 Å². The van der Waals surface area contributed by atoms with Gasteiger partial charge in [-0.05, 0) is 19.8 Å². The maximum absolute atomic E-state index is 10.4. The smallest absolute Gasteiger partial charge is 0.332 e. The molecule has 0 spiro atoms. The third kappa shape index (κ3) is 4.56. The summed E-state index contributed by atoms with van der Waals surface area (Å²) >= 11 is 0. The van der Waals surface area contributed by atoms with Gasteiger partial charge in [-0.15, -0.1) is 6.58 Å². The molecule has 0 aromatic rings. The van der Waals surface area contributed by atoms with Crippen LogP contribution < -0.4 is 0 Å². The van der Waals surface area contributed by atoms with Crippen molar-refractivity contribution in [3.05, 3.63) is 12.7 Å². The van der Waals surface area contributed by atoms with Crippen LogP contribution in [0.3, 0.4) is 0 Å². The number of carboxylic acid groups (broad SMARTS) is 1. The number of carboxylic acids is 1. The first kappa shape index (κ1) is 10.2. The number of aliphatic carboxylic acids is 1. The Kier molecular flexibility index (Phi) is 5.47. The van der Waals surface area contributed by atoms with Crippen LogP contribution in [0, 0.1) is 0 Å². The predicted molar refractivity (Wildman–Crippen MR) is 42.5 cm³/mol. The van der Waals surface area contributed by atoms with Crippen LogP contribution in [0.15, 0.2) is 12.7 Å². The molecule has 1 unspecified atom stereocenters. The molecule has 3 nitrogen and oxygen atoms in total. The van der Waals surface area contributed by atoms with Gasteiger partial charge in [0.15, 0.2) is 6.10 Å². The summed E-state index contributed by atoms with van der Waals surface area (Å²) in [4.78, 5) is 10.4. The molecule has 0 aromatic carbocycles. The molecule has 64 valence electrons. The lowest BCUT2D eigenvalue weighted by molar-refractivity contribution is -0.150. The highest BCUT2D eigenvalue weighted by atomic mass is 16.5. The van der Waals surface area contributed by atoms with Crippen molar-refractivity contribution in [3.63, 3.8) is 0 Å². The molecule has 1 atom stereocenters. The molecule has 3 heteroatoms. The fourth-order valence-corrected chi connectivity index (χ4v) is 0.749. The third-order valence-electron chi connectivity index (χ3n) is 1.28. The number of carbonyl (C=O) groups is 1. The summed E-state index contributed by atoms with van der Waals surface area (Å²) in [6, 6.07) is 0. The second-order valence-electron chi connectivity index (χ2n) is 2.15. The Bertz CT molecular complexity index is 131. The van der Waals surface area contributed by atoms with Gasteiger partial charge in [0.1, 0.15) is 0 Å². The van der Waals surface area contributed by atoms with Crippen LogP contribution in [0.2, 0.25) is 0 Å². The van der Waals surface area contributed by atoms with Crippen LogP contribution in [0.5, 0.6) is 0 Å². The van der Waals surface area contributed by atoms with Gasteiger partial charge in [0.2, 0.25) is 0 Å². The van der Waals surface area contributed by atoms with E-state index in [2.05, 4.69) is 6.58 Å². The zero-order valence-corrected chi connectivity index (χ0v) is 6.75. The van der Waals surface area contributed by atoms with Gasteiger partial charge >= 0.3 is 5.97 Å². The highest BCUT2D eigenvalue weighted by Crippen LogP contribution is 2.02. The number of hydrogen-bond donors (Lipinski definition) is 1. The van der Waals surface area contributed by atoms with Crippen molar-refractivity contribution in [2.24, 2.45) is 0 Å². The summed E-state index contributed by atoms with van der Waals surface area (Å²) < 4.78 is 4.96. The third-order valence-corrected chi connectivity index (χ3v) is 1.28. The van der Waals surface area contributed by atoms with Crippen LogP contribution in [-0.4, -0.2) is 23.8 Å². The Balaban J connectivity index is 3.68. The summed E-state index contributed by atoms with van der Waals surface area (Å²) in [7, 11) is 0. The lowest BCUT2D eigenvalue weighted by Gasteiger charge is -2.09. The van der Waals surface area contributed by atoms with Crippen molar-refractivity contribution in [1.82, 2.24) is 0 Å². The minimum Gasteiger partial charge on any atom is -0.479 e. The fourth-order valence-electron chi connectivity index (χ4n) is 0.749. The zero-order chi connectivity index (χ0) is 8.69. The molecule has 0 heterocycles. The van der Waals surface area contributed by atoms with Gasteiger partial charge in [-0.3, -0.25) is 0 Å². The van der Waals surface area contributed by atoms with E-state index in [-0.39, 0.29) is 0 Å². The van der Waals surface area contributed by atoms with Gasteiger partial charge in [0.25, 0.3) is 0 Å². The van der Waals surface area contributed by atoms with Crippen molar-refractivity contribution in [1.29, 1.82) is 0 Å². The minimum absolute atomic E-state index is 0.439. The quantitative estimate of drug-likeness (QED) is 0.595. The summed E-state index contributed by atoms with van der Waals surface area (Å²) in [6.07, 6.45) is 2.21. The standard InChI is InChI=1S/C8H14O3/c1-3-5-6-7(8(9)10)11-4-2/h3,7H,1,4-6H2,2H3,(H,9,10). The number of hydrogen-bond acceptors (Lipinski definition) is 2. The van der Waals surface area contributed by atoms with E-state index in [0.717, 1.165) is 0 Å². The molecular weight excluding hydrogens is 144 g/mol. The Morgan fingerprint density at radius 1 is 1.82 bits per heavy atom. The van der Waals surface area contributed by atoms with Crippen molar-refractivity contribution >= 4 is 5.97 Å². The first-order valence-electron chi connectivity index (χ1n) is 3.67. The van der Waals surface area contributed by atoms with Gasteiger partial charge in [-0.25, -0.2) is 4.79 Å².